The van der Waals surface area contributed by atoms with E-state index in [-0.39, 0.29) is 35.2 Å². The first-order valence-electron chi connectivity index (χ1n) is 7.70. The maximum absolute atomic E-state index is 12.4. The molecule has 5 heteroatoms. The van der Waals surface area contributed by atoms with Gasteiger partial charge >= 0.3 is 0 Å². The van der Waals surface area contributed by atoms with Crippen LogP contribution < -0.4 is 0 Å². The average Bonchev–Trinajstić information content (AvgIpc) is 2.49. The van der Waals surface area contributed by atoms with Crippen LogP contribution in [0.2, 0.25) is 0 Å². The molecule has 0 bridgehead atoms. The molecule has 0 spiro atoms. The number of benzene rings is 1. The smallest absolute Gasteiger partial charge is 0.157 e. The molecule has 2 aliphatic rings. The molecule has 0 aliphatic carbocycles. The number of hydrogen-bond acceptors (Lipinski definition) is 5. The number of Topliss-reactive ketones (excluding diaryl/α,β-unsaturated/α-hetero) is 1. The van der Waals surface area contributed by atoms with Crippen molar-refractivity contribution < 1.29 is 15.0 Å². The Hall–Kier alpha value is -2.06. The Morgan fingerprint density at radius 1 is 1.41 bits per heavy atom. The van der Waals surface area contributed by atoms with Crippen LogP contribution in [0.15, 0.2) is 12.1 Å². The number of hydrogen-bond donors (Lipinski definition) is 2. The van der Waals surface area contributed by atoms with Gasteiger partial charge in [0.25, 0.3) is 0 Å². The standard InChI is InChI=1S/C17H20N2O3/c1-10(8-18)4-12-9-19-3-2-11-5-16(21)17(22)6-13(11)14(19)7-15(12)20/h5-6,10,12,14,21-22H,2-4,7,9H2,1H3. The number of rotatable bonds is 2. The summed E-state index contributed by atoms with van der Waals surface area (Å²) in [4.78, 5) is 14.7. The predicted molar refractivity (Wildman–Crippen MR) is 80.3 cm³/mol. The zero-order valence-electron chi connectivity index (χ0n) is 12.6. The van der Waals surface area contributed by atoms with Gasteiger partial charge in [-0.1, -0.05) is 0 Å². The van der Waals surface area contributed by atoms with E-state index in [1.54, 1.807) is 12.1 Å². The second-order valence-corrected chi connectivity index (χ2v) is 6.43. The molecule has 5 nitrogen and oxygen atoms in total. The third-order valence-electron chi connectivity index (χ3n) is 4.87. The first-order chi connectivity index (χ1) is 10.5. The average molecular weight is 300 g/mol. The van der Waals surface area contributed by atoms with Gasteiger partial charge in [0, 0.05) is 37.4 Å². The van der Waals surface area contributed by atoms with Gasteiger partial charge in [0.05, 0.1) is 6.07 Å². The van der Waals surface area contributed by atoms with Crippen LogP contribution in [-0.4, -0.2) is 34.0 Å². The second-order valence-electron chi connectivity index (χ2n) is 6.43. The van der Waals surface area contributed by atoms with Crippen molar-refractivity contribution in [2.24, 2.45) is 11.8 Å². The second kappa shape index (κ2) is 5.62. The summed E-state index contributed by atoms with van der Waals surface area (Å²) in [6, 6.07) is 5.38. The highest BCUT2D eigenvalue weighted by Crippen LogP contribution is 2.41. The van der Waals surface area contributed by atoms with Gasteiger partial charge in [0.15, 0.2) is 11.5 Å². The normalized spacial score (nSPS) is 25.9. The van der Waals surface area contributed by atoms with E-state index in [1.165, 1.54) is 0 Å². The minimum absolute atomic E-state index is 0.0172. The molecule has 0 saturated carbocycles. The number of ketones is 1. The molecule has 0 aromatic heterocycles. The van der Waals surface area contributed by atoms with Crippen LogP contribution in [0.5, 0.6) is 11.5 Å². The lowest BCUT2D eigenvalue weighted by molar-refractivity contribution is -0.129. The molecule has 1 aromatic rings. The van der Waals surface area contributed by atoms with Crippen LogP contribution in [0.1, 0.15) is 36.9 Å². The van der Waals surface area contributed by atoms with Crippen molar-refractivity contribution >= 4 is 5.78 Å². The maximum Gasteiger partial charge on any atom is 0.157 e. The molecule has 3 atom stereocenters. The molecule has 2 aliphatic heterocycles. The highest BCUT2D eigenvalue weighted by molar-refractivity contribution is 5.83. The lowest BCUT2D eigenvalue weighted by Crippen LogP contribution is -2.46. The summed E-state index contributed by atoms with van der Waals surface area (Å²) >= 11 is 0. The molecule has 3 unspecified atom stereocenters. The van der Waals surface area contributed by atoms with Gasteiger partial charge in [-0.05, 0) is 43.0 Å². The van der Waals surface area contributed by atoms with E-state index < -0.39 is 0 Å². The molecule has 22 heavy (non-hydrogen) atoms. The van der Waals surface area contributed by atoms with Crippen LogP contribution in [-0.2, 0) is 11.2 Å². The number of nitrogens with zero attached hydrogens (tertiary/aromatic N) is 2. The number of phenols is 2. The van der Waals surface area contributed by atoms with Gasteiger partial charge in [-0.25, -0.2) is 0 Å². The van der Waals surface area contributed by atoms with Crippen molar-refractivity contribution in [3.8, 4) is 17.6 Å². The highest BCUT2D eigenvalue weighted by Gasteiger charge is 2.38. The Balaban J connectivity index is 1.84. The van der Waals surface area contributed by atoms with Gasteiger partial charge in [0.1, 0.15) is 5.78 Å². The van der Waals surface area contributed by atoms with E-state index in [1.807, 2.05) is 6.92 Å². The summed E-state index contributed by atoms with van der Waals surface area (Å²) in [6.07, 6.45) is 1.83. The summed E-state index contributed by atoms with van der Waals surface area (Å²) < 4.78 is 0. The molecule has 1 fully saturated rings. The largest absolute Gasteiger partial charge is 0.504 e. The Morgan fingerprint density at radius 3 is 2.86 bits per heavy atom. The van der Waals surface area contributed by atoms with Gasteiger partial charge in [0.2, 0.25) is 0 Å². The van der Waals surface area contributed by atoms with Gasteiger partial charge < -0.3 is 10.2 Å². The minimum atomic E-state index is -0.131. The predicted octanol–water partition coefficient (Wildman–Crippen LogP) is 2.14. The summed E-state index contributed by atoms with van der Waals surface area (Å²) in [5.74, 6) is -0.214. The molecule has 0 radical (unpaired) electrons. The van der Waals surface area contributed by atoms with Crippen LogP contribution in [0.25, 0.3) is 0 Å². The summed E-state index contributed by atoms with van der Waals surface area (Å²) in [5.41, 5.74) is 1.95. The molecule has 0 amide bonds. The Bertz CT molecular complexity index is 650. The fraction of sp³-hybridized carbons (Fsp3) is 0.529. The molecule has 2 N–H and O–H groups in total. The Kier molecular flexibility index (Phi) is 3.79. The van der Waals surface area contributed by atoms with Crippen LogP contribution in [0, 0.1) is 23.2 Å². The van der Waals surface area contributed by atoms with E-state index in [4.69, 9.17) is 5.26 Å². The fourth-order valence-electron chi connectivity index (χ4n) is 3.66. The number of carbonyl (C=O) groups excluding carboxylic acids is 1. The monoisotopic (exact) mass is 300 g/mol. The van der Waals surface area contributed by atoms with Crippen molar-refractivity contribution in [1.29, 1.82) is 5.26 Å². The number of aromatic hydroxyl groups is 2. The van der Waals surface area contributed by atoms with E-state index in [9.17, 15) is 15.0 Å². The topological polar surface area (TPSA) is 84.6 Å². The maximum atomic E-state index is 12.4. The van der Waals surface area contributed by atoms with Crippen molar-refractivity contribution in [2.45, 2.75) is 32.2 Å². The van der Waals surface area contributed by atoms with Crippen molar-refractivity contribution in [2.75, 3.05) is 13.1 Å². The van der Waals surface area contributed by atoms with Crippen LogP contribution in [0.4, 0.5) is 0 Å². The van der Waals surface area contributed by atoms with Crippen LogP contribution in [0.3, 0.4) is 0 Å². The summed E-state index contributed by atoms with van der Waals surface area (Å²) in [6.45, 7) is 3.37. The summed E-state index contributed by atoms with van der Waals surface area (Å²) in [7, 11) is 0. The molecular weight excluding hydrogens is 280 g/mol. The van der Waals surface area contributed by atoms with E-state index >= 15 is 0 Å². The quantitative estimate of drug-likeness (QED) is 0.817. The molecule has 1 aromatic carbocycles. The third-order valence-corrected chi connectivity index (χ3v) is 4.87. The lowest BCUT2D eigenvalue weighted by Gasteiger charge is -2.43. The lowest BCUT2D eigenvalue weighted by atomic mass is 9.80. The number of piperidine rings is 1. The number of nitriles is 1. The zero-order valence-corrected chi connectivity index (χ0v) is 12.6. The number of phenolic OH excluding ortho intramolecular Hbond substituents is 2. The molecule has 116 valence electrons. The Labute approximate surface area is 129 Å². The number of carbonyl (C=O) groups is 1. The Morgan fingerprint density at radius 2 is 2.14 bits per heavy atom. The fourth-order valence-corrected chi connectivity index (χ4v) is 3.66. The molecule has 2 heterocycles. The van der Waals surface area contributed by atoms with Gasteiger partial charge in [-0.3, -0.25) is 9.69 Å². The van der Waals surface area contributed by atoms with Crippen LogP contribution >= 0.6 is 0 Å². The highest BCUT2D eigenvalue weighted by atomic mass is 16.3. The molecule has 1 saturated heterocycles. The number of fused-ring (bicyclic) bond motifs is 3. The SMILES string of the molecule is CC(C#N)CC1CN2CCc3cc(O)c(O)cc3C2CC1=O. The van der Waals surface area contributed by atoms with Crippen molar-refractivity contribution in [1.82, 2.24) is 4.90 Å². The van der Waals surface area contributed by atoms with Gasteiger partial charge in [-0.15, -0.1) is 0 Å². The first kappa shape index (κ1) is 14.9. The van der Waals surface area contributed by atoms with Crippen molar-refractivity contribution in [3.05, 3.63) is 23.3 Å². The van der Waals surface area contributed by atoms with Gasteiger partial charge in [-0.2, -0.15) is 5.26 Å². The molecule has 3 rings (SSSR count). The summed E-state index contributed by atoms with van der Waals surface area (Å²) in [5, 5.41) is 28.3. The minimum Gasteiger partial charge on any atom is -0.504 e. The third kappa shape index (κ3) is 2.55. The van der Waals surface area contributed by atoms with Crippen molar-refractivity contribution in [3.63, 3.8) is 0 Å². The van der Waals surface area contributed by atoms with E-state index in [0.29, 0.717) is 19.4 Å². The molecular formula is C17H20N2O3. The first-order valence-corrected chi connectivity index (χ1v) is 7.70. The van der Waals surface area contributed by atoms with E-state index in [2.05, 4.69) is 11.0 Å². The van der Waals surface area contributed by atoms with E-state index in [0.717, 1.165) is 24.1 Å². The zero-order chi connectivity index (χ0) is 15.9.